The first-order chi connectivity index (χ1) is 14.1. The third kappa shape index (κ3) is 8.53. The van der Waals surface area contributed by atoms with Gasteiger partial charge in [0.25, 0.3) is 5.17 Å². The summed E-state index contributed by atoms with van der Waals surface area (Å²) in [5.74, 6) is 5.66. The maximum absolute atomic E-state index is 12.4. The van der Waals surface area contributed by atoms with Crippen LogP contribution in [0, 0.1) is 17.8 Å². The predicted octanol–water partition coefficient (Wildman–Crippen LogP) is 2.32. The van der Waals surface area contributed by atoms with Crippen LogP contribution in [-0.2, 0) is 25.5 Å². The number of carbonyl (C=O) groups is 2. The van der Waals surface area contributed by atoms with E-state index in [1.807, 2.05) is 18.2 Å². The summed E-state index contributed by atoms with van der Waals surface area (Å²) < 4.78 is 10.1. The number of rotatable bonds is 9. The van der Waals surface area contributed by atoms with E-state index in [0.29, 0.717) is 50.7 Å². The molecular formula is C22H28N2O4S. The van der Waals surface area contributed by atoms with Gasteiger partial charge in [0.1, 0.15) is 6.61 Å². The molecule has 1 N–H and O–H groups in total. The number of unbranched alkanes of at least 4 members (excludes halogenated alkanes) is 1. The van der Waals surface area contributed by atoms with Crippen LogP contribution in [0.25, 0.3) is 0 Å². The second-order valence-electron chi connectivity index (χ2n) is 6.79. The minimum atomic E-state index is -0.225. The Morgan fingerprint density at radius 1 is 1.31 bits per heavy atom. The van der Waals surface area contributed by atoms with E-state index in [0.717, 1.165) is 12.8 Å². The van der Waals surface area contributed by atoms with Gasteiger partial charge in [0.15, 0.2) is 0 Å². The highest BCUT2D eigenvalue weighted by atomic mass is 32.1. The topological polar surface area (TPSA) is 67.9 Å². The zero-order valence-corrected chi connectivity index (χ0v) is 17.6. The molecule has 0 saturated carbocycles. The Labute approximate surface area is 177 Å². The molecule has 1 heterocycles. The van der Waals surface area contributed by atoms with E-state index >= 15 is 0 Å². The first-order valence-electron chi connectivity index (χ1n) is 9.86. The van der Waals surface area contributed by atoms with Gasteiger partial charge in [-0.25, -0.2) is 0 Å². The van der Waals surface area contributed by atoms with Gasteiger partial charge in [0.05, 0.1) is 19.6 Å². The summed E-state index contributed by atoms with van der Waals surface area (Å²) in [7, 11) is 1.38. The van der Waals surface area contributed by atoms with Crippen molar-refractivity contribution in [3.05, 3.63) is 35.9 Å². The van der Waals surface area contributed by atoms with E-state index in [1.54, 1.807) is 4.90 Å². The number of thiocarbonyl (C=S) groups is 1. The van der Waals surface area contributed by atoms with Crippen molar-refractivity contribution in [1.29, 1.82) is 0 Å². The number of hydrogen-bond acceptors (Lipinski definition) is 5. The van der Waals surface area contributed by atoms with Gasteiger partial charge in [-0.15, -0.1) is 5.92 Å². The Kier molecular flexibility index (Phi) is 10.0. The van der Waals surface area contributed by atoms with Gasteiger partial charge in [-0.05, 0) is 37.0 Å². The molecule has 1 unspecified atom stereocenters. The van der Waals surface area contributed by atoms with Crippen LogP contribution in [-0.4, -0.2) is 55.3 Å². The first-order valence-corrected chi connectivity index (χ1v) is 10.3. The van der Waals surface area contributed by atoms with E-state index in [4.69, 9.17) is 17.0 Å². The lowest BCUT2D eigenvalue weighted by atomic mass is 10.1. The van der Waals surface area contributed by atoms with Crippen molar-refractivity contribution in [2.24, 2.45) is 5.92 Å². The molecule has 156 valence electrons. The number of amides is 1. The van der Waals surface area contributed by atoms with Gasteiger partial charge in [0.2, 0.25) is 5.91 Å². The molecule has 0 aromatic heterocycles. The average Bonchev–Trinajstić information content (AvgIpc) is 3.09. The van der Waals surface area contributed by atoms with Gasteiger partial charge >= 0.3 is 5.97 Å². The summed E-state index contributed by atoms with van der Waals surface area (Å²) >= 11 is 5.20. The van der Waals surface area contributed by atoms with Crippen molar-refractivity contribution >= 4 is 29.3 Å². The molecule has 0 aliphatic carbocycles. The average molecular weight is 417 g/mol. The molecule has 6 nitrogen and oxygen atoms in total. The van der Waals surface area contributed by atoms with E-state index < -0.39 is 0 Å². The van der Waals surface area contributed by atoms with Crippen LogP contribution < -0.4 is 5.32 Å². The van der Waals surface area contributed by atoms with Crippen LogP contribution in [0.4, 0.5) is 0 Å². The molecule has 0 spiro atoms. The van der Waals surface area contributed by atoms with Gasteiger partial charge in [-0.3, -0.25) is 9.59 Å². The fourth-order valence-electron chi connectivity index (χ4n) is 2.96. The molecular weight excluding hydrogens is 388 g/mol. The number of methoxy groups -OCH3 is 1. The molecule has 2 rings (SSSR count). The summed E-state index contributed by atoms with van der Waals surface area (Å²) in [5, 5.41) is 3.41. The summed E-state index contributed by atoms with van der Waals surface area (Å²) in [5.41, 5.74) is 1.23. The lowest BCUT2D eigenvalue weighted by molar-refractivity contribution is -0.140. The number of nitrogens with one attached hydrogen (secondary N) is 1. The lowest BCUT2D eigenvalue weighted by Crippen LogP contribution is -2.32. The Balaban J connectivity index is 1.59. The number of nitrogens with zero attached hydrogens (tertiary/aromatic N) is 1. The van der Waals surface area contributed by atoms with Crippen molar-refractivity contribution in [3.8, 4) is 11.8 Å². The number of hydrogen-bond donors (Lipinski definition) is 1. The fourth-order valence-corrected chi connectivity index (χ4v) is 3.13. The van der Waals surface area contributed by atoms with Crippen LogP contribution in [0.15, 0.2) is 30.3 Å². The van der Waals surface area contributed by atoms with Crippen molar-refractivity contribution < 1.29 is 19.1 Å². The highest BCUT2D eigenvalue weighted by Crippen LogP contribution is 2.18. The van der Waals surface area contributed by atoms with E-state index in [2.05, 4.69) is 34.0 Å². The molecule has 1 amide bonds. The summed E-state index contributed by atoms with van der Waals surface area (Å²) in [6, 6.07) is 10.1. The molecule has 1 aliphatic rings. The summed E-state index contributed by atoms with van der Waals surface area (Å²) in [6.07, 6.45) is 3.26. The SMILES string of the molecule is COC(=O)CCCC#CCN1CCC(COC(=S)NCCc2ccccc2)C1=O. The van der Waals surface area contributed by atoms with Gasteiger partial charge < -0.3 is 19.7 Å². The van der Waals surface area contributed by atoms with E-state index in [1.165, 1.54) is 12.7 Å². The van der Waals surface area contributed by atoms with Crippen molar-refractivity contribution in [2.45, 2.75) is 32.1 Å². The molecule has 7 heteroatoms. The second-order valence-corrected chi connectivity index (χ2v) is 7.16. The Morgan fingerprint density at radius 2 is 2.10 bits per heavy atom. The number of likely N-dealkylation sites (tertiary alicyclic amines) is 1. The zero-order chi connectivity index (χ0) is 20.9. The second kappa shape index (κ2) is 12.8. The summed E-state index contributed by atoms with van der Waals surface area (Å²) in [4.78, 5) is 25.2. The Bertz CT molecular complexity index is 742. The van der Waals surface area contributed by atoms with Crippen LogP contribution in [0.1, 0.15) is 31.2 Å². The van der Waals surface area contributed by atoms with Crippen molar-refractivity contribution in [2.75, 3.05) is 33.4 Å². The van der Waals surface area contributed by atoms with Gasteiger partial charge in [0, 0.05) is 25.9 Å². The minimum Gasteiger partial charge on any atom is -0.470 e. The molecule has 1 atom stereocenters. The van der Waals surface area contributed by atoms with Crippen LogP contribution in [0.2, 0.25) is 0 Å². The summed E-state index contributed by atoms with van der Waals surface area (Å²) in [6.45, 7) is 2.07. The molecule has 1 aromatic rings. The maximum Gasteiger partial charge on any atom is 0.305 e. The highest BCUT2D eigenvalue weighted by molar-refractivity contribution is 7.80. The Morgan fingerprint density at radius 3 is 2.86 bits per heavy atom. The van der Waals surface area contributed by atoms with Crippen molar-refractivity contribution in [3.63, 3.8) is 0 Å². The fraction of sp³-hybridized carbons (Fsp3) is 0.500. The normalized spacial score (nSPS) is 15.4. The smallest absolute Gasteiger partial charge is 0.305 e. The predicted molar refractivity (Wildman–Crippen MR) is 115 cm³/mol. The third-order valence-corrected chi connectivity index (χ3v) is 4.92. The molecule has 0 radical (unpaired) electrons. The number of esters is 1. The van der Waals surface area contributed by atoms with Crippen LogP contribution >= 0.6 is 12.2 Å². The lowest BCUT2D eigenvalue weighted by Gasteiger charge is -2.15. The van der Waals surface area contributed by atoms with Gasteiger partial charge in [-0.1, -0.05) is 36.3 Å². The molecule has 1 aromatic carbocycles. The first kappa shape index (κ1) is 22.7. The number of benzene rings is 1. The quantitative estimate of drug-likeness (QED) is 0.288. The third-order valence-electron chi connectivity index (χ3n) is 4.66. The highest BCUT2D eigenvalue weighted by Gasteiger charge is 2.31. The molecule has 1 saturated heterocycles. The van der Waals surface area contributed by atoms with Crippen LogP contribution in [0.5, 0.6) is 0 Å². The monoisotopic (exact) mass is 416 g/mol. The molecule has 1 aliphatic heterocycles. The largest absolute Gasteiger partial charge is 0.470 e. The van der Waals surface area contributed by atoms with Gasteiger partial charge in [-0.2, -0.15) is 0 Å². The Hall–Kier alpha value is -2.59. The number of ether oxygens (including phenoxy) is 2. The van der Waals surface area contributed by atoms with Crippen molar-refractivity contribution in [1.82, 2.24) is 10.2 Å². The standard InChI is InChI=1S/C22H28N2O4S/c1-27-20(25)11-7-2-3-8-15-24-16-13-19(21(24)26)17-28-22(29)23-14-12-18-9-5-4-6-10-18/h4-6,9-10,19H,2,7,11-17H2,1H3,(H,23,29). The van der Waals surface area contributed by atoms with E-state index in [-0.39, 0.29) is 17.8 Å². The minimum absolute atomic E-state index is 0.0564. The van der Waals surface area contributed by atoms with Crippen LogP contribution in [0.3, 0.4) is 0 Å². The molecule has 29 heavy (non-hydrogen) atoms. The number of carbonyl (C=O) groups excluding carboxylic acids is 2. The van der Waals surface area contributed by atoms with E-state index in [9.17, 15) is 9.59 Å². The maximum atomic E-state index is 12.4. The molecule has 1 fully saturated rings. The zero-order valence-electron chi connectivity index (χ0n) is 16.8. The molecule has 0 bridgehead atoms.